The quantitative estimate of drug-likeness (QED) is 0.406. The number of hydrogen-bond acceptors (Lipinski definition) is 3. The van der Waals surface area contributed by atoms with Crippen LogP contribution in [0.1, 0.15) is 11.1 Å². The van der Waals surface area contributed by atoms with Crippen molar-refractivity contribution in [2.45, 2.75) is 11.8 Å². The fourth-order valence-corrected chi connectivity index (χ4v) is 4.37. The number of ether oxygens (including phenoxy) is 1. The first-order valence-electron chi connectivity index (χ1n) is 10.5. The second-order valence-corrected chi connectivity index (χ2v) is 9.23. The summed E-state index contributed by atoms with van der Waals surface area (Å²) in [6.45, 7) is 1.92. The van der Waals surface area contributed by atoms with Gasteiger partial charge in [-0.2, -0.15) is 4.57 Å². The molecule has 4 rings (SSSR count). The minimum atomic E-state index is -3.74. The lowest BCUT2D eigenvalue weighted by molar-refractivity contribution is -0.567. The summed E-state index contributed by atoms with van der Waals surface area (Å²) in [5, 5.41) is 0. The Balaban J connectivity index is 1.82. The summed E-state index contributed by atoms with van der Waals surface area (Å²) >= 11 is 0. The summed E-state index contributed by atoms with van der Waals surface area (Å²) < 4.78 is 35.9. The van der Waals surface area contributed by atoms with Gasteiger partial charge in [0.1, 0.15) is 5.75 Å². The first-order valence-corrected chi connectivity index (χ1v) is 12.0. The second-order valence-electron chi connectivity index (χ2n) is 7.51. The molecule has 0 atom stereocenters. The van der Waals surface area contributed by atoms with Gasteiger partial charge in [0, 0.05) is 23.3 Å². The Morgan fingerprint density at radius 3 is 2.18 bits per heavy atom. The molecule has 1 N–H and O–H groups in total. The molecule has 0 saturated heterocycles. The summed E-state index contributed by atoms with van der Waals surface area (Å²) in [6.07, 6.45) is 3.45. The lowest BCUT2D eigenvalue weighted by Gasteiger charge is -2.10. The van der Waals surface area contributed by atoms with Crippen molar-refractivity contribution < 1.29 is 17.7 Å². The standard InChI is InChI=1S/C27H25N2O3S/c1-21-11-17-25(18-12-21)33(30,31)28-20-27(23-13-15-24(32-2)16-14-23)29-19-7-6-10-26(29)22-8-4-3-5-9-22/h3-20,28H,1-2H3/q+1/b27-20-. The van der Waals surface area contributed by atoms with Crippen molar-refractivity contribution in [2.24, 2.45) is 0 Å². The van der Waals surface area contributed by atoms with Gasteiger partial charge in [0.2, 0.25) is 11.4 Å². The number of nitrogens with one attached hydrogen (secondary N) is 1. The van der Waals surface area contributed by atoms with Gasteiger partial charge in [0.15, 0.2) is 6.20 Å². The Bertz CT molecular complexity index is 1360. The molecule has 0 fully saturated rings. The van der Waals surface area contributed by atoms with Gasteiger partial charge in [-0.15, -0.1) is 0 Å². The molecule has 0 unspecified atom stereocenters. The number of rotatable bonds is 7. The molecule has 166 valence electrons. The number of hydrogen-bond donors (Lipinski definition) is 1. The third-order valence-corrected chi connectivity index (χ3v) is 6.58. The van der Waals surface area contributed by atoms with Crippen LogP contribution in [-0.4, -0.2) is 15.5 Å². The van der Waals surface area contributed by atoms with Crippen LogP contribution in [0.25, 0.3) is 17.0 Å². The van der Waals surface area contributed by atoms with Crippen molar-refractivity contribution >= 4 is 15.7 Å². The smallest absolute Gasteiger partial charge is 0.261 e. The molecule has 33 heavy (non-hydrogen) atoms. The van der Waals surface area contributed by atoms with Crippen LogP contribution in [0.2, 0.25) is 0 Å². The van der Waals surface area contributed by atoms with Crippen molar-refractivity contribution in [3.8, 4) is 17.0 Å². The zero-order valence-corrected chi connectivity index (χ0v) is 19.3. The van der Waals surface area contributed by atoms with Crippen LogP contribution in [-0.2, 0) is 10.0 Å². The van der Waals surface area contributed by atoms with Crippen molar-refractivity contribution in [3.63, 3.8) is 0 Å². The molecule has 1 heterocycles. The molecule has 0 amide bonds. The Hall–Kier alpha value is -3.90. The zero-order valence-electron chi connectivity index (χ0n) is 18.5. The summed E-state index contributed by atoms with van der Waals surface area (Å²) in [7, 11) is -2.13. The fourth-order valence-electron chi connectivity index (χ4n) is 3.47. The number of sulfonamides is 1. The molecule has 0 aliphatic heterocycles. The van der Waals surface area contributed by atoms with Gasteiger partial charge in [-0.25, -0.2) is 8.42 Å². The summed E-state index contributed by atoms with van der Waals surface area (Å²) in [6, 6.07) is 30.1. The Labute approximate surface area is 194 Å². The minimum Gasteiger partial charge on any atom is -0.497 e. The van der Waals surface area contributed by atoms with Gasteiger partial charge in [-0.1, -0.05) is 35.9 Å². The highest BCUT2D eigenvalue weighted by molar-refractivity contribution is 7.89. The van der Waals surface area contributed by atoms with Gasteiger partial charge in [-0.3, -0.25) is 4.72 Å². The number of aromatic nitrogens is 1. The molecule has 0 saturated carbocycles. The van der Waals surface area contributed by atoms with Gasteiger partial charge in [0.25, 0.3) is 10.0 Å². The molecule has 4 aromatic rings. The van der Waals surface area contributed by atoms with E-state index in [1.54, 1.807) is 31.4 Å². The molecule has 6 heteroatoms. The normalized spacial score (nSPS) is 11.8. The van der Waals surface area contributed by atoms with E-state index in [4.69, 9.17) is 4.74 Å². The van der Waals surface area contributed by atoms with Crippen LogP contribution in [0.3, 0.4) is 0 Å². The Morgan fingerprint density at radius 1 is 0.848 bits per heavy atom. The molecule has 5 nitrogen and oxygen atoms in total. The zero-order chi connectivity index (χ0) is 23.3. The van der Waals surface area contributed by atoms with Crippen LogP contribution < -0.4 is 14.0 Å². The van der Waals surface area contributed by atoms with Crippen LogP contribution in [0.5, 0.6) is 5.75 Å². The van der Waals surface area contributed by atoms with E-state index in [-0.39, 0.29) is 4.90 Å². The number of methoxy groups -OCH3 is 1. The van der Waals surface area contributed by atoms with Gasteiger partial charge in [-0.05, 0) is 61.5 Å². The van der Waals surface area contributed by atoms with Gasteiger partial charge in [0.05, 0.1) is 18.2 Å². The van der Waals surface area contributed by atoms with Crippen LogP contribution in [0.15, 0.2) is 114 Å². The van der Waals surface area contributed by atoms with E-state index in [1.165, 1.54) is 6.20 Å². The first-order chi connectivity index (χ1) is 16.0. The maximum absolute atomic E-state index is 13.0. The molecular formula is C27H25N2O3S+. The number of pyridine rings is 1. The molecular weight excluding hydrogens is 432 g/mol. The molecule has 0 aliphatic carbocycles. The van der Waals surface area contributed by atoms with Crippen LogP contribution in [0.4, 0.5) is 0 Å². The highest BCUT2D eigenvalue weighted by atomic mass is 32.2. The van der Waals surface area contributed by atoms with Crippen LogP contribution in [0, 0.1) is 6.92 Å². The fraction of sp³-hybridized carbons (Fsp3) is 0.0741. The average Bonchev–Trinajstić information content (AvgIpc) is 2.85. The van der Waals surface area contributed by atoms with Crippen LogP contribution >= 0.6 is 0 Å². The average molecular weight is 458 g/mol. The van der Waals surface area contributed by atoms with E-state index >= 15 is 0 Å². The van der Waals surface area contributed by atoms with Crippen molar-refractivity contribution in [1.29, 1.82) is 0 Å². The summed E-state index contributed by atoms with van der Waals surface area (Å²) in [5.74, 6) is 0.722. The predicted octanol–water partition coefficient (Wildman–Crippen LogP) is 4.78. The Morgan fingerprint density at radius 2 is 1.52 bits per heavy atom. The number of nitrogens with zero attached hydrogens (tertiary/aromatic N) is 1. The van der Waals surface area contributed by atoms with E-state index in [1.807, 2.05) is 90.5 Å². The SMILES string of the molecule is COc1ccc(/C(=C/NS(=O)(=O)c2ccc(C)cc2)[n+]2ccccc2-c2ccccc2)cc1. The van der Waals surface area contributed by atoms with E-state index in [9.17, 15) is 8.42 Å². The lowest BCUT2D eigenvalue weighted by Crippen LogP contribution is -2.36. The monoisotopic (exact) mass is 457 g/mol. The second kappa shape index (κ2) is 9.71. The third-order valence-electron chi connectivity index (χ3n) is 5.26. The molecule has 0 spiro atoms. The van der Waals surface area contributed by atoms with E-state index in [0.29, 0.717) is 5.70 Å². The van der Waals surface area contributed by atoms with E-state index < -0.39 is 10.0 Å². The molecule has 0 radical (unpaired) electrons. The summed E-state index contributed by atoms with van der Waals surface area (Å²) in [5.41, 5.74) is 4.44. The van der Waals surface area contributed by atoms with Gasteiger partial charge >= 0.3 is 0 Å². The Kier molecular flexibility index (Phi) is 6.56. The third kappa shape index (κ3) is 5.13. The molecule has 0 bridgehead atoms. The highest BCUT2D eigenvalue weighted by Crippen LogP contribution is 2.21. The summed E-state index contributed by atoms with van der Waals surface area (Å²) in [4.78, 5) is 0.208. The highest BCUT2D eigenvalue weighted by Gasteiger charge is 2.21. The molecule has 1 aromatic heterocycles. The van der Waals surface area contributed by atoms with E-state index in [0.717, 1.165) is 28.1 Å². The lowest BCUT2D eigenvalue weighted by atomic mass is 10.1. The first kappa shape index (κ1) is 22.3. The number of benzene rings is 3. The predicted molar refractivity (Wildman–Crippen MR) is 130 cm³/mol. The van der Waals surface area contributed by atoms with Crippen molar-refractivity contribution in [1.82, 2.24) is 4.72 Å². The molecule has 3 aromatic carbocycles. The topological polar surface area (TPSA) is 59.3 Å². The minimum absolute atomic E-state index is 0.208. The molecule has 0 aliphatic rings. The van der Waals surface area contributed by atoms with Crippen molar-refractivity contribution in [3.05, 3.63) is 121 Å². The largest absolute Gasteiger partial charge is 0.497 e. The van der Waals surface area contributed by atoms with Gasteiger partial charge < -0.3 is 4.74 Å². The maximum atomic E-state index is 13.0. The maximum Gasteiger partial charge on any atom is 0.261 e. The van der Waals surface area contributed by atoms with E-state index in [2.05, 4.69) is 4.72 Å². The van der Waals surface area contributed by atoms with Crippen molar-refractivity contribution in [2.75, 3.05) is 7.11 Å². The number of aryl methyl sites for hydroxylation is 1.